The molecule has 0 unspecified atom stereocenters. The molecule has 3 rings (SSSR count). The van der Waals surface area contributed by atoms with Crippen LogP contribution in [0.2, 0.25) is 5.02 Å². The maximum Gasteiger partial charge on any atom is 0.253 e. The van der Waals surface area contributed by atoms with Gasteiger partial charge in [-0.05, 0) is 62.9 Å². The van der Waals surface area contributed by atoms with Crippen LogP contribution >= 0.6 is 11.6 Å². The largest absolute Gasteiger partial charge is 0.371 e. The summed E-state index contributed by atoms with van der Waals surface area (Å²) in [5.74, 6) is -0.220. The van der Waals surface area contributed by atoms with E-state index in [-0.39, 0.29) is 18.0 Å². The summed E-state index contributed by atoms with van der Waals surface area (Å²) < 4.78 is 0. The van der Waals surface area contributed by atoms with Gasteiger partial charge in [0.1, 0.15) is 0 Å². The van der Waals surface area contributed by atoms with E-state index in [0.29, 0.717) is 22.2 Å². The minimum Gasteiger partial charge on any atom is -0.371 e. The van der Waals surface area contributed by atoms with Crippen LogP contribution in [0.4, 0.5) is 5.69 Å². The minimum atomic E-state index is -0.220. The number of carbonyl (C=O) groups is 1. The summed E-state index contributed by atoms with van der Waals surface area (Å²) in [5, 5.41) is 3.44. The predicted octanol–water partition coefficient (Wildman–Crippen LogP) is 4.65. The fourth-order valence-corrected chi connectivity index (χ4v) is 4.51. The van der Waals surface area contributed by atoms with Crippen LogP contribution in [0.25, 0.3) is 0 Å². The number of nitrogens with one attached hydrogen (secondary N) is 2. The number of rotatable bonds is 5. The van der Waals surface area contributed by atoms with Gasteiger partial charge in [-0.1, -0.05) is 30.9 Å². The normalized spacial score (nSPS) is 14.7. The molecule has 2 N–H and O–H groups in total. The van der Waals surface area contributed by atoms with Gasteiger partial charge in [0.15, 0.2) is 0 Å². The fourth-order valence-electron chi connectivity index (χ4n) is 4.30. The van der Waals surface area contributed by atoms with Crippen LogP contribution in [0.1, 0.15) is 64.8 Å². The number of halogens is 1. The Labute approximate surface area is 177 Å². The van der Waals surface area contributed by atoms with E-state index >= 15 is 0 Å². The molecular formula is C23H30ClN3O2. The molecule has 1 aliphatic rings. The number of hydrogen-bond acceptors (Lipinski definition) is 3. The van der Waals surface area contributed by atoms with Crippen LogP contribution in [0.15, 0.2) is 23.0 Å². The van der Waals surface area contributed by atoms with Gasteiger partial charge < -0.3 is 15.2 Å². The molecule has 0 spiro atoms. The number of anilines is 1. The van der Waals surface area contributed by atoms with E-state index in [9.17, 15) is 9.59 Å². The summed E-state index contributed by atoms with van der Waals surface area (Å²) in [5.41, 5.74) is 4.55. The van der Waals surface area contributed by atoms with E-state index < -0.39 is 0 Å². The van der Waals surface area contributed by atoms with E-state index in [4.69, 9.17) is 11.6 Å². The van der Waals surface area contributed by atoms with Crippen LogP contribution in [0.3, 0.4) is 0 Å². The van der Waals surface area contributed by atoms with Crippen LogP contribution in [-0.4, -0.2) is 24.0 Å². The van der Waals surface area contributed by atoms with Crippen molar-refractivity contribution >= 4 is 23.2 Å². The highest BCUT2D eigenvalue weighted by Gasteiger charge is 2.22. The Morgan fingerprint density at radius 1 is 1.17 bits per heavy atom. The average Bonchev–Trinajstić information content (AvgIpc) is 2.68. The zero-order valence-electron chi connectivity index (χ0n) is 17.7. The Balaban J connectivity index is 1.82. The Morgan fingerprint density at radius 3 is 2.52 bits per heavy atom. The molecule has 0 atom stereocenters. The first-order valence-corrected chi connectivity index (χ1v) is 10.7. The molecule has 1 aromatic carbocycles. The molecule has 29 heavy (non-hydrogen) atoms. The number of amides is 1. The van der Waals surface area contributed by atoms with E-state index in [1.807, 2.05) is 32.9 Å². The molecule has 1 amide bonds. The third-order valence-electron chi connectivity index (χ3n) is 6.01. The topological polar surface area (TPSA) is 65.2 Å². The number of aromatic amines is 1. The first-order valence-electron chi connectivity index (χ1n) is 10.3. The van der Waals surface area contributed by atoms with Crippen molar-refractivity contribution in [2.75, 3.05) is 11.9 Å². The zero-order valence-corrected chi connectivity index (χ0v) is 18.4. The van der Waals surface area contributed by atoms with Crippen LogP contribution in [0, 0.1) is 20.8 Å². The molecule has 0 aliphatic heterocycles. The molecule has 0 bridgehead atoms. The SMILES string of the molecule is Cc1cc(C)c(CNC(=O)c2cc(Cl)cc(N(C)C3CCCCC3)c2C)c(=O)[nH]1. The first kappa shape index (κ1) is 21.4. The Kier molecular flexibility index (Phi) is 6.68. The van der Waals surface area contributed by atoms with Gasteiger partial charge in [0, 0.05) is 47.2 Å². The maximum atomic E-state index is 12.9. The highest BCUT2D eigenvalue weighted by Crippen LogP contribution is 2.32. The Hall–Kier alpha value is -2.27. The average molecular weight is 416 g/mol. The van der Waals surface area contributed by atoms with Crippen LogP contribution in [0.5, 0.6) is 0 Å². The van der Waals surface area contributed by atoms with Gasteiger partial charge in [-0.15, -0.1) is 0 Å². The summed E-state index contributed by atoms with van der Waals surface area (Å²) in [4.78, 5) is 30.2. The lowest BCUT2D eigenvalue weighted by molar-refractivity contribution is 0.0950. The quantitative estimate of drug-likeness (QED) is 0.746. The molecule has 5 nitrogen and oxygen atoms in total. The molecule has 0 saturated heterocycles. The van der Waals surface area contributed by atoms with Crippen LogP contribution < -0.4 is 15.8 Å². The summed E-state index contributed by atoms with van der Waals surface area (Å²) >= 11 is 6.37. The van der Waals surface area contributed by atoms with Crippen molar-refractivity contribution in [3.8, 4) is 0 Å². The Bertz CT molecular complexity index is 961. The molecule has 1 saturated carbocycles. The molecule has 2 aromatic rings. The number of H-pyrrole nitrogens is 1. The highest BCUT2D eigenvalue weighted by molar-refractivity contribution is 6.31. The smallest absolute Gasteiger partial charge is 0.253 e. The van der Waals surface area contributed by atoms with Crippen molar-refractivity contribution in [1.82, 2.24) is 10.3 Å². The van der Waals surface area contributed by atoms with Crippen molar-refractivity contribution in [3.63, 3.8) is 0 Å². The minimum absolute atomic E-state index is 0.164. The summed E-state index contributed by atoms with van der Waals surface area (Å²) in [6.07, 6.45) is 6.11. The van der Waals surface area contributed by atoms with Gasteiger partial charge >= 0.3 is 0 Å². The summed E-state index contributed by atoms with van der Waals surface area (Å²) in [6, 6.07) is 6.03. The second-order valence-corrected chi connectivity index (χ2v) is 8.56. The Morgan fingerprint density at radius 2 is 1.86 bits per heavy atom. The lowest BCUT2D eigenvalue weighted by Gasteiger charge is -2.34. The molecule has 1 fully saturated rings. The number of hydrogen-bond donors (Lipinski definition) is 2. The molecular weight excluding hydrogens is 386 g/mol. The maximum absolute atomic E-state index is 12.9. The molecule has 1 heterocycles. The van der Waals surface area contributed by atoms with Crippen molar-refractivity contribution in [2.24, 2.45) is 0 Å². The van der Waals surface area contributed by atoms with Crippen molar-refractivity contribution < 1.29 is 4.79 Å². The van der Waals surface area contributed by atoms with Crippen LogP contribution in [-0.2, 0) is 6.54 Å². The van der Waals surface area contributed by atoms with Gasteiger partial charge in [0.2, 0.25) is 0 Å². The number of nitrogens with zero attached hydrogens (tertiary/aromatic N) is 1. The van der Waals surface area contributed by atoms with Gasteiger partial charge in [-0.2, -0.15) is 0 Å². The van der Waals surface area contributed by atoms with E-state index in [1.165, 1.54) is 32.1 Å². The van der Waals surface area contributed by atoms with E-state index in [0.717, 1.165) is 22.5 Å². The summed E-state index contributed by atoms with van der Waals surface area (Å²) in [6.45, 7) is 5.87. The molecule has 1 aromatic heterocycles. The lowest BCUT2D eigenvalue weighted by Crippen LogP contribution is -2.34. The fraction of sp³-hybridized carbons (Fsp3) is 0.478. The number of aryl methyl sites for hydroxylation is 2. The van der Waals surface area contributed by atoms with Gasteiger partial charge in [-0.3, -0.25) is 9.59 Å². The second-order valence-electron chi connectivity index (χ2n) is 8.13. The molecule has 6 heteroatoms. The zero-order chi connectivity index (χ0) is 21.1. The predicted molar refractivity (Wildman–Crippen MR) is 119 cm³/mol. The number of pyridine rings is 1. The van der Waals surface area contributed by atoms with Gasteiger partial charge in [0.05, 0.1) is 0 Å². The number of aromatic nitrogens is 1. The molecule has 156 valence electrons. The number of benzene rings is 1. The van der Waals surface area contributed by atoms with E-state index in [2.05, 4.69) is 22.2 Å². The molecule has 1 aliphatic carbocycles. The lowest BCUT2D eigenvalue weighted by atomic mass is 9.93. The van der Waals surface area contributed by atoms with Gasteiger partial charge in [0.25, 0.3) is 11.5 Å². The summed E-state index contributed by atoms with van der Waals surface area (Å²) in [7, 11) is 2.09. The highest BCUT2D eigenvalue weighted by atomic mass is 35.5. The monoisotopic (exact) mass is 415 g/mol. The van der Waals surface area contributed by atoms with Gasteiger partial charge in [-0.25, -0.2) is 0 Å². The standard InChI is InChI=1S/C23H30ClN3O2/c1-14-10-15(2)26-23(29)20(14)13-25-22(28)19-11-17(24)12-21(16(19)3)27(4)18-8-6-5-7-9-18/h10-12,18H,5-9,13H2,1-4H3,(H,25,28)(H,26,29). The first-order chi connectivity index (χ1) is 13.8. The van der Waals surface area contributed by atoms with Crippen molar-refractivity contribution in [1.29, 1.82) is 0 Å². The second kappa shape index (κ2) is 9.04. The van der Waals surface area contributed by atoms with E-state index in [1.54, 1.807) is 6.07 Å². The molecule has 0 radical (unpaired) electrons. The third-order valence-corrected chi connectivity index (χ3v) is 6.23. The third kappa shape index (κ3) is 4.84. The van der Waals surface area contributed by atoms with Crippen molar-refractivity contribution in [3.05, 3.63) is 61.5 Å². The van der Waals surface area contributed by atoms with Crippen molar-refractivity contribution in [2.45, 2.75) is 65.5 Å². The number of carbonyl (C=O) groups excluding carboxylic acids is 1.